The van der Waals surface area contributed by atoms with Gasteiger partial charge in [-0.2, -0.15) is 13.2 Å². The Morgan fingerprint density at radius 1 is 1.17 bits per heavy atom. The van der Waals surface area contributed by atoms with Crippen LogP contribution in [0.4, 0.5) is 24.5 Å². The molecule has 0 bridgehead atoms. The molecule has 2 amide bonds. The highest BCUT2D eigenvalue weighted by molar-refractivity contribution is 6.06. The summed E-state index contributed by atoms with van der Waals surface area (Å²) in [7, 11) is 0. The van der Waals surface area contributed by atoms with Gasteiger partial charge in [-0.05, 0) is 32.0 Å². The van der Waals surface area contributed by atoms with Gasteiger partial charge in [-0.1, -0.05) is 5.16 Å². The van der Waals surface area contributed by atoms with Crippen LogP contribution in [-0.2, 0) is 11.0 Å². The van der Waals surface area contributed by atoms with Crippen LogP contribution >= 0.6 is 0 Å². The van der Waals surface area contributed by atoms with Gasteiger partial charge in [0.05, 0.1) is 16.9 Å². The van der Waals surface area contributed by atoms with Crippen molar-refractivity contribution in [2.75, 3.05) is 10.6 Å². The smallest absolute Gasteiger partial charge is 0.361 e. The van der Waals surface area contributed by atoms with Gasteiger partial charge in [0.1, 0.15) is 11.3 Å². The molecule has 1 heterocycles. The topological polar surface area (TPSA) is 84.2 Å². The lowest BCUT2D eigenvalue weighted by atomic mass is 10.1. The van der Waals surface area contributed by atoms with Crippen molar-refractivity contribution in [1.82, 2.24) is 5.16 Å². The maximum absolute atomic E-state index is 13.2. The van der Waals surface area contributed by atoms with Gasteiger partial charge in [0.15, 0.2) is 0 Å². The zero-order valence-electron chi connectivity index (χ0n) is 13.0. The highest BCUT2D eigenvalue weighted by Crippen LogP contribution is 2.37. The van der Waals surface area contributed by atoms with Crippen molar-refractivity contribution in [3.8, 4) is 0 Å². The largest absolute Gasteiger partial charge is 0.418 e. The Morgan fingerprint density at radius 3 is 2.33 bits per heavy atom. The summed E-state index contributed by atoms with van der Waals surface area (Å²) in [6.07, 6.45) is -4.71. The molecule has 0 radical (unpaired) electrons. The number of halogens is 3. The quantitative estimate of drug-likeness (QED) is 0.895. The van der Waals surface area contributed by atoms with E-state index in [-0.39, 0.29) is 22.7 Å². The second kappa shape index (κ2) is 6.34. The lowest BCUT2D eigenvalue weighted by Gasteiger charge is -2.15. The van der Waals surface area contributed by atoms with E-state index in [1.54, 1.807) is 0 Å². The van der Waals surface area contributed by atoms with Crippen molar-refractivity contribution >= 4 is 23.2 Å². The maximum atomic E-state index is 13.2. The molecule has 2 N–H and O–H groups in total. The fourth-order valence-corrected chi connectivity index (χ4v) is 2.16. The molecule has 0 saturated heterocycles. The molecule has 9 heteroatoms. The fraction of sp³-hybridized carbons (Fsp3) is 0.267. The highest BCUT2D eigenvalue weighted by Gasteiger charge is 2.34. The monoisotopic (exact) mass is 341 g/mol. The molecule has 0 spiro atoms. The fourth-order valence-electron chi connectivity index (χ4n) is 2.16. The number of aromatic nitrogens is 1. The summed E-state index contributed by atoms with van der Waals surface area (Å²) >= 11 is 0. The molecule has 0 aliphatic carbocycles. The van der Waals surface area contributed by atoms with Gasteiger partial charge in [0.2, 0.25) is 5.91 Å². The third kappa shape index (κ3) is 3.73. The molecule has 1 aromatic carbocycles. The van der Waals surface area contributed by atoms with Gasteiger partial charge in [-0.25, -0.2) is 0 Å². The molecule has 24 heavy (non-hydrogen) atoms. The number of anilines is 2. The first-order chi connectivity index (χ1) is 11.1. The predicted molar refractivity (Wildman–Crippen MR) is 79.7 cm³/mol. The lowest BCUT2D eigenvalue weighted by molar-refractivity contribution is -0.137. The second-order valence-corrected chi connectivity index (χ2v) is 5.09. The van der Waals surface area contributed by atoms with Gasteiger partial charge >= 0.3 is 6.18 Å². The van der Waals surface area contributed by atoms with Gasteiger partial charge in [0.25, 0.3) is 5.91 Å². The molecule has 2 rings (SSSR count). The standard InChI is InChI=1S/C15H14F3N3O3/c1-7-13(8(2)24-21-7)14(23)20-12-5-4-10(19-9(3)22)6-11(12)15(16,17)18/h4-6H,1-3H3,(H,19,22)(H,20,23). The van der Waals surface area contributed by atoms with Crippen LogP contribution in [0.5, 0.6) is 0 Å². The Labute approximate surface area is 135 Å². The third-order valence-electron chi connectivity index (χ3n) is 3.15. The van der Waals surface area contributed by atoms with Crippen LogP contribution in [0, 0.1) is 13.8 Å². The molecule has 0 aliphatic heterocycles. The van der Waals surface area contributed by atoms with Crippen molar-refractivity contribution < 1.29 is 27.3 Å². The number of nitrogens with zero attached hydrogens (tertiary/aromatic N) is 1. The highest BCUT2D eigenvalue weighted by atomic mass is 19.4. The van der Waals surface area contributed by atoms with E-state index in [0.717, 1.165) is 12.1 Å². The van der Waals surface area contributed by atoms with Crippen molar-refractivity contribution in [3.05, 3.63) is 40.8 Å². The summed E-state index contributed by atoms with van der Waals surface area (Å²) in [5, 5.41) is 8.07. The SMILES string of the molecule is CC(=O)Nc1ccc(NC(=O)c2c(C)noc2C)c(C(F)(F)F)c1. The number of alkyl halides is 3. The first-order valence-corrected chi connectivity index (χ1v) is 6.82. The molecule has 128 valence electrons. The van der Waals surface area contributed by atoms with E-state index in [1.165, 1.54) is 26.8 Å². The van der Waals surface area contributed by atoms with Crippen molar-refractivity contribution in [2.24, 2.45) is 0 Å². The van der Waals surface area contributed by atoms with Crippen LogP contribution in [0.3, 0.4) is 0 Å². The molecule has 0 fully saturated rings. The van der Waals surface area contributed by atoms with Crippen LogP contribution in [0.1, 0.15) is 34.3 Å². The Morgan fingerprint density at radius 2 is 1.83 bits per heavy atom. The van der Waals surface area contributed by atoms with Crippen LogP contribution in [0.2, 0.25) is 0 Å². The molecule has 0 aliphatic rings. The lowest BCUT2D eigenvalue weighted by Crippen LogP contribution is -2.18. The number of hydrogen-bond donors (Lipinski definition) is 2. The number of carbonyl (C=O) groups excluding carboxylic acids is 2. The minimum atomic E-state index is -4.71. The van der Waals surface area contributed by atoms with Crippen molar-refractivity contribution in [1.29, 1.82) is 0 Å². The molecule has 2 aromatic rings. The van der Waals surface area contributed by atoms with E-state index in [9.17, 15) is 22.8 Å². The number of carbonyl (C=O) groups is 2. The van der Waals surface area contributed by atoms with Gasteiger partial charge in [0, 0.05) is 12.6 Å². The van der Waals surface area contributed by atoms with Gasteiger partial charge in [-0.15, -0.1) is 0 Å². The van der Waals surface area contributed by atoms with Crippen molar-refractivity contribution in [2.45, 2.75) is 26.9 Å². The van der Waals surface area contributed by atoms with E-state index in [4.69, 9.17) is 4.52 Å². The third-order valence-corrected chi connectivity index (χ3v) is 3.15. The molecular formula is C15H14F3N3O3. The van der Waals surface area contributed by atoms with Crippen LogP contribution < -0.4 is 10.6 Å². The summed E-state index contributed by atoms with van der Waals surface area (Å²) in [6, 6.07) is 3.09. The van der Waals surface area contributed by atoms with Gasteiger partial charge < -0.3 is 15.2 Å². The Balaban J connectivity index is 2.39. The normalized spacial score (nSPS) is 11.2. The number of aryl methyl sites for hydroxylation is 2. The molecule has 0 saturated carbocycles. The van der Waals surface area contributed by atoms with Crippen LogP contribution in [0.25, 0.3) is 0 Å². The number of amides is 2. The predicted octanol–water partition coefficient (Wildman–Crippen LogP) is 3.52. The first-order valence-electron chi connectivity index (χ1n) is 6.82. The van der Waals surface area contributed by atoms with E-state index in [0.29, 0.717) is 0 Å². The summed E-state index contributed by atoms with van der Waals surface area (Å²) in [6.45, 7) is 4.18. The summed E-state index contributed by atoms with van der Waals surface area (Å²) < 4.78 is 44.5. The van der Waals surface area contributed by atoms with E-state index < -0.39 is 29.2 Å². The summed E-state index contributed by atoms with van der Waals surface area (Å²) in [5.74, 6) is -1.06. The number of rotatable bonds is 3. The average molecular weight is 341 g/mol. The molecule has 0 atom stereocenters. The minimum absolute atomic E-state index is 0.0230. The number of hydrogen-bond acceptors (Lipinski definition) is 4. The molecule has 1 aromatic heterocycles. The van der Waals surface area contributed by atoms with Crippen LogP contribution in [-0.4, -0.2) is 17.0 Å². The van der Waals surface area contributed by atoms with E-state index in [2.05, 4.69) is 15.8 Å². The summed E-state index contributed by atoms with van der Waals surface area (Å²) in [5.41, 5.74) is -1.18. The molecular weight excluding hydrogens is 327 g/mol. The first kappa shape index (κ1) is 17.5. The molecule has 6 nitrogen and oxygen atoms in total. The van der Waals surface area contributed by atoms with Gasteiger partial charge in [-0.3, -0.25) is 9.59 Å². The molecule has 0 unspecified atom stereocenters. The second-order valence-electron chi connectivity index (χ2n) is 5.09. The Hall–Kier alpha value is -2.84. The Bertz CT molecular complexity index is 777. The number of nitrogens with one attached hydrogen (secondary N) is 2. The number of benzene rings is 1. The van der Waals surface area contributed by atoms with Crippen molar-refractivity contribution in [3.63, 3.8) is 0 Å². The Kier molecular flexibility index (Phi) is 4.63. The van der Waals surface area contributed by atoms with Crippen LogP contribution in [0.15, 0.2) is 22.7 Å². The maximum Gasteiger partial charge on any atom is 0.418 e. The zero-order valence-corrected chi connectivity index (χ0v) is 13.0. The van der Waals surface area contributed by atoms with E-state index >= 15 is 0 Å². The van der Waals surface area contributed by atoms with E-state index in [1.807, 2.05) is 0 Å². The zero-order chi connectivity index (χ0) is 18.1. The minimum Gasteiger partial charge on any atom is -0.361 e. The average Bonchev–Trinajstić information content (AvgIpc) is 2.78. The summed E-state index contributed by atoms with van der Waals surface area (Å²) in [4.78, 5) is 23.2.